The highest BCUT2D eigenvalue weighted by atomic mass is 35.5. The second kappa shape index (κ2) is 7.72. The van der Waals surface area contributed by atoms with E-state index in [-0.39, 0.29) is 4.90 Å². The van der Waals surface area contributed by atoms with E-state index in [0.29, 0.717) is 24.7 Å². The molecule has 1 aromatic carbocycles. The fourth-order valence-electron chi connectivity index (χ4n) is 3.04. The third kappa shape index (κ3) is 4.14. The Bertz CT molecular complexity index is 883. The third-order valence-corrected chi connectivity index (χ3v) is 6.60. The number of halogens is 1. The Morgan fingerprint density at radius 3 is 2.24 bits per heavy atom. The number of benzene rings is 1. The summed E-state index contributed by atoms with van der Waals surface area (Å²) >= 11 is 5.88. The first kappa shape index (κ1) is 18.2. The Morgan fingerprint density at radius 1 is 0.960 bits per heavy atom. The Kier molecular flexibility index (Phi) is 5.61. The molecule has 1 aliphatic heterocycles. The molecule has 5 nitrogen and oxygen atoms in total. The molecular weight excluding hydrogens is 360 g/mol. The first-order valence-electron chi connectivity index (χ1n) is 8.42. The van der Waals surface area contributed by atoms with E-state index in [1.54, 1.807) is 24.4 Å². The van der Waals surface area contributed by atoms with Gasteiger partial charge in [0.15, 0.2) is 0 Å². The maximum atomic E-state index is 12.9. The van der Waals surface area contributed by atoms with Crippen LogP contribution in [0.4, 0.5) is 0 Å². The first-order chi connectivity index (χ1) is 12.0. The van der Waals surface area contributed by atoms with Crippen LogP contribution in [0.5, 0.6) is 0 Å². The molecule has 1 fully saturated rings. The zero-order valence-electron chi connectivity index (χ0n) is 13.9. The van der Waals surface area contributed by atoms with Crippen LogP contribution < -0.4 is 5.56 Å². The van der Waals surface area contributed by atoms with Gasteiger partial charge >= 0.3 is 0 Å². The van der Waals surface area contributed by atoms with Crippen LogP contribution in [-0.4, -0.2) is 30.4 Å². The minimum absolute atomic E-state index is 0.147. The minimum Gasteiger partial charge on any atom is -0.310 e. The zero-order chi connectivity index (χ0) is 17.9. The molecule has 0 radical (unpaired) electrons. The standard InChI is InChI=1S/C18H21ClN2O3S/c19-16-9-7-15(8-10-16)14-20-11-5-6-17(18(20)22)25(23,24)21-12-3-1-2-4-13-21/h5-11H,1-4,12-14H2. The highest BCUT2D eigenvalue weighted by molar-refractivity contribution is 7.89. The van der Waals surface area contributed by atoms with E-state index >= 15 is 0 Å². The summed E-state index contributed by atoms with van der Waals surface area (Å²) in [5.41, 5.74) is 0.400. The van der Waals surface area contributed by atoms with Gasteiger partial charge in [-0.05, 0) is 42.7 Å². The van der Waals surface area contributed by atoms with Crippen molar-refractivity contribution in [2.45, 2.75) is 37.1 Å². The van der Waals surface area contributed by atoms with E-state index in [1.165, 1.54) is 14.9 Å². The monoisotopic (exact) mass is 380 g/mol. The normalized spacial score (nSPS) is 16.5. The Morgan fingerprint density at radius 2 is 1.60 bits per heavy atom. The summed E-state index contributed by atoms with van der Waals surface area (Å²) in [5, 5.41) is 0.619. The molecule has 2 heterocycles. The Labute approximate surface area is 152 Å². The van der Waals surface area contributed by atoms with Crippen LogP contribution >= 0.6 is 11.6 Å². The van der Waals surface area contributed by atoms with Gasteiger partial charge in [0.25, 0.3) is 5.56 Å². The fraction of sp³-hybridized carbons (Fsp3) is 0.389. The van der Waals surface area contributed by atoms with Gasteiger partial charge in [-0.3, -0.25) is 4.79 Å². The highest BCUT2D eigenvalue weighted by Crippen LogP contribution is 2.18. The summed E-state index contributed by atoms with van der Waals surface area (Å²) in [6.45, 7) is 1.26. The van der Waals surface area contributed by atoms with E-state index in [4.69, 9.17) is 11.6 Å². The topological polar surface area (TPSA) is 59.4 Å². The van der Waals surface area contributed by atoms with Crippen molar-refractivity contribution in [3.05, 3.63) is 63.5 Å². The van der Waals surface area contributed by atoms with Crippen LogP contribution in [0.2, 0.25) is 5.02 Å². The van der Waals surface area contributed by atoms with Crippen LogP contribution in [0.15, 0.2) is 52.3 Å². The van der Waals surface area contributed by atoms with Gasteiger partial charge in [-0.15, -0.1) is 0 Å². The summed E-state index contributed by atoms with van der Waals surface area (Å²) in [6, 6.07) is 10.2. The van der Waals surface area contributed by atoms with Crippen molar-refractivity contribution in [1.82, 2.24) is 8.87 Å². The quantitative estimate of drug-likeness (QED) is 0.818. The van der Waals surface area contributed by atoms with E-state index in [2.05, 4.69) is 0 Å². The summed E-state index contributed by atoms with van der Waals surface area (Å²) in [5.74, 6) is 0. The Balaban J connectivity index is 1.92. The number of pyridine rings is 1. The molecule has 0 atom stereocenters. The average Bonchev–Trinajstić information content (AvgIpc) is 2.88. The summed E-state index contributed by atoms with van der Waals surface area (Å²) in [4.78, 5) is 12.6. The summed E-state index contributed by atoms with van der Waals surface area (Å²) in [6.07, 6.45) is 5.34. The van der Waals surface area contributed by atoms with Gasteiger partial charge in [0, 0.05) is 24.3 Å². The maximum Gasteiger partial charge on any atom is 0.271 e. The average molecular weight is 381 g/mol. The molecule has 0 aliphatic carbocycles. The van der Waals surface area contributed by atoms with E-state index in [9.17, 15) is 13.2 Å². The Hall–Kier alpha value is -1.63. The second-order valence-electron chi connectivity index (χ2n) is 6.25. The van der Waals surface area contributed by atoms with E-state index < -0.39 is 15.6 Å². The van der Waals surface area contributed by atoms with Crippen molar-refractivity contribution in [3.63, 3.8) is 0 Å². The molecule has 1 aliphatic rings. The first-order valence-corrected chi connectivity index (χ1v) is 10.2. The minimum atomic E-state index is -3.76. The van der Waals surface area contributed by atoms with Crippen molar-refractivity contribution >= 4 is 21.6 Å². The molecule has 0 amide bonds. The lowest BCUT2D eigenvalue weighted by Gasteiger charge is -2.20. The number of hydrogen-bond donors (Lipinski definition) is 0. The summed E-state index contributed by atoms with van der Waals surface area (Å²) < 4.78 is 28.7. The van der Waals surface area contributed by atoms with Crippen LogP contribution in [0.3, 0.4) is 0 Å². The summed E-state index contributed by atoms with van der Waals surface area (Å²) in [7, 11) is -3.76. The molecule has 1 saturated heterocycles. The maximum absolute atomic E-state index is 12.9. The molecule has 2 aromatic rings. The molecule has 0 unspecified atom stereocenters. The van der Waals surface area contributed by atoms with Gasteiger partial charge in [-0.2, -0.15) is 4.31 Å². The van der Waals surface area contributed by atoms with Crippen LogP contribution in [0, 0.1) is 0 Å². The fourth-order valence-corrected chi connectivity index (χ4v) is 4.77. The zero-order valence-corrected chi connectivity index (χ0v) is 15.5. The van der Waals surface area contributed by atoms with Gasteiger partial charge in [0.05, 0.1) is 6.54 Å². The molecule has 0 bridgehead atoms. The van der Waals surface area contributed by atoms with Gasteiger partial charge in [0.1, 0.15) is 4.90 Å². The molecule has 25 heavy (non-hydrogen) atoms. The molecule has 0 spiro atoms. The molecular formula is C18H21ClN2O3S. The largest absolute Gasteiger partial charge is 0.310 e. The van der Waals surface area contributed by atoms with Crippen molar-refractivity contribution in [2.24, 2.45) is 0 Å². The lowest BCUT2D eigenvalue weighted by atomic mass is 10.2. The van der Waals surface area contributed by atoms with E-state index in [1.807, 2.05) is 12.1 Å². The number of aromatic nitrogens is 1. The number of sulfonamides is 1. The molecule has 0 saturated carbocycles. The molecule has 3 rings (SSSR count). The molecule has 134 valence electrons. The van der Waals surface area contributed by atoms with Crippen molar-refractivity contribution < 1.29 is 8.42 Å². The number of hydrogen-bond acceptors (Lipinski definition) is 3. The van der Waals surface area contributed by atoms with Crippen molar-refractivity contribution in [2.75, 3.05) is 13.1 Å². The van der Waals surface area contributed by atoms with E-state index in [0.717, 1.165) is 31.2 Å². The van der Waals surface area contributed by atoms with Crippen LogP contribution in [-0.2, 0) is 16.6 Å². The second-order valence-corrected chi connectivity index (χ2v) is 8.59. The van der Waals surface area contributed by atoms with Gasteiger partial charge in [-0.1, -0.05) is 36.6 Å². The predicted octanol–water partition coefficient (Wildman–Crippen LogP) is 3.11. The van der Waals surface area contributed by atoms with Gasteiger partial charge in [-0.25, -0.2) is 8.42 Å². The van der Waals surface area contributed by atoms with Gasteiger partial charge < -0.3 is 4.57 Å². The van der Waals surface area contributed by atoms with Gasteiger partial charge in [0.2, 0.25) is 10.0 Å². The molecule has 1 aromatic heterocycles. The molecule has 7 heteroatoms. The SMILES string of the molecule is O=c1c(S(=O)(=O)N2CCCCCC2)cccn1Cc1ccc(Cl)cc1. The molecule has 0 N–H and O–H groups in total. The van der Waals surface area contributed by atoms with Crippen LogP contribution in [0.1, 0.15) is 31.2 Å². The smallest absolute Gasteiger partial charge is 0.271 e. The number of nitrogens with zero attached hydrogens (tertiary/aromatic N) is 2. The van der Waals surface area contributed by atoms with Crippen molar-refractivity contribution in [3.8, 4) is 0 Å². The predicted molar refractivity (Wildman–Crippen MR) is 98.5 cm³/mol. The highest BCUT2D eigenvalue weighted by Gasteiger charge is 2.28. The number of rotatable bonds is 4. The lowest BCUT2D eigenvalue weighted by Crippen LogP contribution is -2.36. The third-order valence-electron chi connectivity index (χ3n) is 4.43. The van der Waals surface area contributed by atoms with Crippen molar-refractivity contribution in [1.29, 1.82) is 0 Å². The lowest BCUT2D eigenvalue weighted by molar-refractivity contribution is 0.422. The van der Waals surface area contributed by atoms with Crippen LogP contribution in [0.25, 0.3) is 0 Å².